The standard InChI is InChI=1S/C18H11BrN6O/c19-13-5-6-14-12(7-13)8-15(22-14)17-23-18(26-25-17)11-3-1-10(2-4-11)16-20-9-21-24-16/h1-9,22H,(H,20,21,24). The van der Waals surface area contributed by atoms with Gasteiger partial charge in [-0.25, -0.2) is 4.98 Å². The van der Waals surface area contributed by atoms with Gasteiger partial charge in [0, 0.05) is 26.5 Å². The van der Waals surface area contributed by atoms with E-state index in [0.717, 1.165) is 32.2 Å². The van der Waals surface area contributed by atoms with Crippen LogP contribution in [-0.2, 0) is 0 Å². The quantitative estimate of drug-likeness (QED) is 0.461. The van der Waals surface area contributed by atoms with Crippen molar-refractivity contribution < 1.29 is 4.52 Å². The predicted octanol–water partition coefficient (Wildman–Crippen LogP) is 4.43. The molecule has 0 aliphatic carbocycles. The number of aromatic nitrogens is 6. The Labute approximate surface area is 155 Å². The molecule has 0 saturated carbocycles. The average Bonchev–Trinajstić information content (AvgIpc) is 3.40. The molecule has 5 rings (SSSR count). The molecule has 5 aromatic rings. The fourth-order valence-corrected chi connectivity index (χ4v) is 3.17. The Hall–Kier alpha value is -3.26. The van der Waals surface area contributed by atoms with Gasteiger partial charge in [-0.1, -0.05) is 33.2 Å². The van der Waals surface area contributed by atoms with Crippen LogP contribution in [0.3, 0.4) is 0 Å². The van der Waals surface area contributed by atoms with Crippen LogP contribution in [0, 0.1) is 0 Å². The van der Waals surface area contributed by atoms with E-state index in [1.165, 1.54) is 6.33 Å². The number of halogens is 1. The van der Waals surface area contributed by atoms with Gasteiger partial charge < -0.3 is 9.51 Å². The molecule has 0 aliphatic rings. The first kappa shape index (κ1) is 15.0. The Morgan fingerprint density at radius 2 is 1.81 bits per heavy atom. The highest BCUT2D eigenvalue weighted by Crippen LogP contribution is 2.27. The zero-order valence-electron chi connectivity index (χ0n) is 13.3. The molecule has 0 radical (unpaired) electrons. The number of nitrogens with zero attached hydrogens (tertiary/aromatic N) is 4. The summed E-state index contributed by atoms with van der Waals surface area (Å²) in [6.45, 7) is 0. The maximum absolute atomic E-state index is 5.43. The average molecular weight is 407 g/mol. The summed E-state index contributed by atoms with van der Waals surface area (Å²) in [6, 6.07) is 15.7. The third-order valence-electron chi connectivity index (χ3n) is 4.07. The highest BCUT2D eigenvalue weighted by atomic mass is 79.9. The fraction of sp³-hybridized carbons (Fsp3) is 0. The molecule has 0 atom stereocenters. The van der Waals surface area contributed by atoms with Gasteiger partial charge in [0.2, 0.25) is 5.82 Å². The summed E-state index contributed by atoms with van der Waals surface area (Å²) in [5.74, 6) is 1.70. The van der Waals surface area contributed by atoms with E-state index in [0.29, 0.717) is 17.5 Å². The Morgan fingerprint density at radius 3 is 2.62 bits per heavy atom. The van der Waals surface area contributed by atoms with Crippen LogP contribution >= 0.6 is 15.9 Å². The van der Waals surface area contributed by atoms with E-state index < -0.39 is 0 Å². The molecule has 3 aromatic heterocycles. The molecule has 2 aromatic carbocycles. The van der Waals surface area contributed by atoms with Crippen molar-refractivity contribution in [2.75, 3.05) is 0 Å². The zero-order chi connectivity index (χ0) is 17.5. The van der Waals surface area contributed by atoms with Crippen molar-refractivity contribution in [2.45, 2.75) is 0 Å². The van der Waals surface area contributed by atoms with Gasteiger partial charge in [0.1, 0.15) is 6.33 Å². The lowest BCUT2D eigenvalue weighted by molar-refractivity contribution is 0.432. The number of benzene rings is 2. The molecule has 26 heavy (non-hydrogen) atoms. The second kappa shape index (κ2) is 5.92. The Balaban J connectivity index is 1.47. The first-order valence-electron chi connectivity index (χ1n) is 7.85. The molecular formula is C18H11BrN6O. The molecule has 8 heteroatoms. The summed E-state index contributed by atoms with van der Waals surface area (Å²) >= 11 is 3.48. The van der Waals surface area contributed by atoms with Gasteiger partial charge in [-0.05, 0) is 36.4 Å². The normalized spacial score (nSPS) is 11.3. The van der Waals surface area contributed by atoms with Crippen molar-refractivity contribution in [3.05, 3.63) is 59.3 Å². The van der Waals surface area contributed by atoms with E-state index in [1.54, 1.807) is 0 Å². The third-order valence-corrected chi connectivity index (χ3v) is 4.56. The second-order valence-electron chi connectivity index (χ2n) is 5.75. The van der Waals surface area contributed by atoms with Crippen LogP contribution in [0.2, 0.25) is 0 Å². The summed E-state index contributed by atoms with van der Waals surface area (Å²) in [7, 11) is 0. The van der Waals surface area contributed by atoms with Crippen molar-refractivity contribution in [1.82, 2.24) is 30.3 Å². The summed E-state index contributed by atoms with van der Waals surface area (Å²) in [5, 5.41) is 11.9. The summed E-state index contributed by atoms with van der Waals surface area (Å²) in [6.07, 6.45) is 1.48. The van der Waals surface area contributed by atoms with Gasteiger partial charge in [-0.15, -0.1) is 0 Å². The van der Waals surface area contributed by atoms with Crippen molar-refractivity contribution in [3.63, 3.8) is 0 Å². The Bertz CT molecular complexity index is 1190. The van der Waals surface area contributed by atoms with Gasteiger partial charge in [-0.2, -0.15) is 10.1 Å². The molecule has 0 aliphatic heterocycles. The number of hydrogen-bond donors (Lipinski definition) is 2. The van der Waals surface area contributed by atoms with Gasteiger partial charge in [-0.3, -0.25) is 5.10 Å². The van der Waals surface area contributed by atoms with Crippen LogP contribution in [0.25, 0.3) is 45.3 Å². The summed E-state index contributed by atoms with van der Waals surface area (Å²) < 4.78 is 6.45. The van der Waals surface area contributed by atoms with Crippen molar-refractivity contribution in [2.24, 2.45) is 0 Å². The van der Waals surface area contributed by atoms with Gasteiger partial charge in [0.05, 0.1) is 5.69 Å². The molecule has 0 spiro atoms. The summed E-state index contributed by atoms with van der Waals surface area (Å²) in [4.78, 5) is 11.9. The topological polar surface area (TPSA) is 96.3 Å². The van der Waals surface area contributed by atoms with Crippen LogP contribution in [0.5, 0.6) is 0 Å². The fourth-order valence-electron chi connectivity index (χ4n) is 2.79. The van der Waals surface area contributed by atoms with E-state index in [-0.39, 0.29) is 0 Å². The highest BCUT2D eigenvalue weighted by molar-refractivity contribution is 9.10. The second-order valence-corrected chi connectivity index (χ2v) is 6.66. The minimum absolute atomic E-state index is 0.462. The van der Waals surface area contributed by atoms with Gasteiger partial charge in [0.25, 0.3) is 5.89 Å². The van der Waals surface area contributed by atoms with Gasteiger partial charge in [0.15, 0.2) is 5.82 Å². The van der Waals surface area contributed by atoms with Crippen LogP contribution in [-0.4, -0.2) is 30.3 Å². The molecule has 3 heterocycles. The molecule has 0 unspecified atom stereocenters. The largest absolute Gasteiger partial charge is 0.352 e. The number of hydrogen-bond acceptors (Lipinski definition) is 5. The van der Waals surface area contributed by atoms with Gasteiger partial charge >= 0.3 is 0 Å². The first-order chi connectivity index (χ1) is 12.8. The van der Waals surface area contributed by atoms with E-state index in [9.17, 15) is 0 Å². The lowest BCUT2D eigenvalue weighted by Gasteiger charge is -1.97. The summed E-state index contributed by atoms with van der Waals surface area (Å²) in [5.41, 5.74) is 3.61. The zero-order valence-corrected chi connectivity index (χ0v) is 14.9. The monoisotopic (exact) mass is 406 g/mol. The van der Waals surface area contributed by atoms with E-state index in [1.807, 2.05) is 48.5 Å². The Kier molecular flexibility index (Phi) is 3.42. The predicted molar refractivity (Wildman–Crippen MR) is 100 cm³/mol. The molecule has 0 fully saturated rings. The molecule has 0 amide bonds. The van der Waals surface area contributed by atoms with Crippen LogP contribution in [0.15, 0.2) is 63.9 Å². The number of H-pyrrole nitrogens is 2. The van der Waals surface area contributed by atoms with Crippen LogP contribution < -0.4 is 0 Å². The third kappa shape index (κ3) is 2.60. The lowest BCUT2D eigenvalue weighted by atomic mass is 10.1. The number of nitrogens with one attached hydrogen (secondary N) is 2. The van der Waals surface area contributed by atoms with Crippen LogP contribution in [0.1, 0.15) is 0 Å². The van der Waals surface area contributed by atoms with Crippen LogP contribution in [0.4, 0.5) is 0 Å². The van der Waals surface area contributed by atoms with E-state index in [2.05, 4.69) is 46.2 Å². The van der Waals surface area contributed by atoms with E-state index >= 15 is 0 Å². The van der Waals surface area contributed by atoms with Crippen molar-refractivity contribution >= 4 is 26.8 Å². The number of aromatic amines is 2. The molecule has 126 valence electrons. The molecule has 0 bridgehead atoms. The number of fused-ring (bicyclic) bond motifs is 1. The molecule has 2 N–H and O–H groups in total. The maximum atomic E-state index is 5.43. The molecule has 7 nitrogen and oxygen atoms in total. The smallest absolute Gasteiger partial charge is 0.258 e. The number of rotatable bonds is 3. The highest BCUT2D eigenvalue weighted by Gasteiger charge is 2.13. The maximum Gasteiger partial charge on any atom is 0.258 e. The van der Waals surface area contributed by atoms with Crippen molar-refractivity contribution in [3.8, 4) is 34.4 Å². The minimum atomic E-state index is 0.462. The first-order valence-corrected chi connectivity index (χ1v) is 8.64. The lowest BCUT2D eigenvalue weighted by Crippen LogP contribution is -1.83. The molecular weight excluding hydrogens is 396 g/mol. The van der Waals surface area contributed by atoms with Crippen molar-refractivity contribution in [1.29, 1.82) is 0 Å². The van der Waals surface area contributed by atoms with E-state index in [4.69, 9.17) is 4.52 Å². The SMILES string of the molecule is Brc1ccc2[nH]c(-c3noc(-c4ccc(-c5ncn[nH]5)cc4)n3)cc2c1. The molecule has 0 saturated heterocycles. The Morgan fingerprint density at radius 1 is 0.962 bits per heavy atom. The minimum Gasteiger partial charge on any atom is -0.352 e.